The zero-order valence-electron chi connectivity index (χ0n) is 10.4. The third-order valence-corrected chi connectivity index (χ3v) is 4.42. The highest BCUT2D eigenvalue weighted by molar-refractivity contribution is 14.1. The summed E-state index contributed by atoms with van der Waals surface area (Å²) in [6, 6.07) is 4.55. The molecule has 2 nitrogen and oxygen atoms in total. The fourth-order valence-corrected chi connectivity index (χ4v) is 3.06. The molecule has 0 spiro atoms. The maximum atomic E-state index is 13.0. The molecule has 1 aromatic rings. The smallest absolute Gasteiger partial charge is 0.252 e. The Balaban J connectivity index is 1.99. The minimum Gasteiger partial charge on any atom is -0.349 e. The van der Waals surface area contributed by atoms with Crippen molar-refractivity contribution in [3.63, 3.8) is 0 Å². The van der Waals surface area contributed by atoms with Gasteiger partial charge in [-0.15, -0.1) is 0 Å². The normalized spacial score (nSPS) is 23.7. The Morgan fingerprint density at radius 2 is 2.00 bits per heavy atom. The van der Waals surface area contributed by atoms with Crippen LogP contribution in [0.25, 0.3) is 0 Å². The van der Waals surface area contributed by atoms with E-state index < -0.39 is 0 Å². The molecule has 1 amide bonds. The molecule has 0 heterocycles. The fourth-order valence-electron chi connectivity index (χ4n) is 2.34. The topological polar surface area (TPSA) is 29.1 Å². The molecule has 0 saturated heterocycles. The maximum absolute atomic E-state index is 13.0. The molecule has 18 heavy (non-hydrogen) atoms. The molecule has 1 aliphatic carbocycles. The first-order chi connectivity index (χ1) is 8.56. The van der Waals surface area contributed by atoms with Crippen LogP contribution in [0.4, 0.5) is 4.39 Å². The van der Waals surface area contributed by atoms with Crippen LogP contribution >= 0.6 is 22.6 Å². The number of amides is 1. The number of rotatable bonds is 2. The summed E-state index contributed by atoms with van der Waals surface area (Å²) < 4.78 is 13.6. The van der Waals surface area contributed by atoms with Gasteiger partial charge in [0.15, 0.2) is 0 Å². The van der Waals surface area contributed by atoms with E-state index in [1.807, 2.05) is 22.6 Å². The summed E-state index contributed by atoms with van der Waals surface area (Å²) in [6.07, 6.45) is 4.44. The number of hydrogen-bond donors (Lipinski definition) is 1. The predicted octanol–water partition coefficient (Wildman–Crippen LogP) is 3.74. The molecule has 0 radical (unpaired) electrons. The van der Waals surface area contributed by atoms with Gasteiger partial charge in [-0.3, -0.25) is 4.79 Å². The molecule has 2 rings (SSSR count). The van der Waals surface area contributed by atoms with Crippen molar-refractivity contribution in [1.29, 1.82) is 0 Å². The molecular formula is C14H17FINO. The molecular weight excluding hydrogens is 344 g/mol. The second kappa shape index (κ2) is 5.99. The van der Waals surface area contributed by atoms with Gasteiger partial charge in [-0.1, -0.05) is 6.92 Å². The van der Waals surface area contributed by atoms with Gasteiger partial charge in [-0.05, 0) is 72.4 Å². The fraction of sp³-hybridized carbons (Fsp3) is 0.500. The van der Waals surface area contributed by atoms with Crippen LogP contribution < -0.4 is 5.32 Å². The monoisotopic (exact) mass is 361 g/mol. The number of hydrogen-bond acceptors (Lipinski definition) is 1. The van der Waals surface area contributed by atoms with E-state index >= 15 is 0 Å². The number of carbonyl (C=O) groups excluding carboxylic acids is 1. The van der Waals surface area contributed by atoms with Crippen molar-refractivity contribution in [1.82, 2.24) is 5.32 Å². The van der Waals surface area contributed by atoms with E-state index in [0.717, 1.165) is 18.8 Å². The highest BCUT2D eigenvalue weighted by Crippen LogP contribution is 2.24. The first-order valence-corrected chi connectivity index (χ1v) is 7.40. The van der Waals surface area contributed by atoms with Crippen molar-refractivity contribution in [2.75, 3.05) is 0 Å². The third kappa shape index (κ3) is 3.43. The molecule has 1 aromatic carbocycles. The number of nitrogens with one attached hydrogen (secondary N) is 1. The van der Waals surface area contributed by atoms with Crippen molar-refractivity contribution >= 4 is 28.5 Å². The number of benzene rings is 1. The van der Waals surface area contributed by atoms with Gasteiger partial charge in [0.1, 0.15) is 5.82 Å². The first-order valence-electron chi connectivity index (χ1n) is 6.32. The Morgan fingerprint density at radius 3 is 2.61 bits per heavy atom. The Labute approximate surface area is 120 Å². The molecule has 1 saturated carbocycles. The van der Waals surface area contributed by atoms with E-state index in [1.165, 1.54) is 25.0 Å². The summed E-state index contributed by atoms with van der Waals surface area (Å²) in [5, 5.41) is 3.05. The Hall–Kier alpha value is -0.650. The van der Waals surface area contributed by atoms with Crippen LogP contribution in [-0.4, -0.2) is 11.9 Å². The molecule has 1 aliphatic rings. The van der Waals surface area contributed by atoms with Crippen molar-refractivity contribution in [3.8, 4) is 0 Å². The predicted molar refractivity (Wildman–Crippen MR) is 78.0 cm³/mol. The summed E-state index contributed by atoms with van der Waals surface area (Å²) in [6.45, 7) is 2.25. The highest BCUT2D eigenvalue weighted by atomic mass is 127. The van der Waals surface area contributed by atoms with Gasteiger partial charge < -0.3 is 5.32 Å². The average Bonchev–Trinajstić information content (AvgIpc) is 2.32. The van der Waals surface area contributed by atoms with Crippen LogP contribution in [0.5, 0.6) is 0 Å². The van der Waals surface area contributed by atoms with Crippen LogP contribution in [0, 0.1) is 15.3 Å². The summed E-state index contributed by atoms with van der Waals surface area (Å²) in [5.41, 5.74) is 0.565. The van der Waals surface area contributed by atoms with Crippen molar-refractivity contribution in [3.05, 3.63) is 33.1 Å². The van der Waals surface area contributed by atoms with Gasteiger partial charge in [-0.2, -0.15) is 0 Å². The molecule has 1 fully saturated rings. The summed E-state index contributed by atoms with van der Waals surface area (Å²) in [5.74, 6) is 0.380. The van der Waals surface area contributed by atoms with E-state index in [4.69, 9.17) is 0 Å². The molecule has 98 valence electrons. The van der Waals surface area contributed by atoms with Crippen LogP contribution in [0.1, 0.15) is 43.0 Å². The van der Waals surface area contributed by atoms with Crippen LogP contribution in [0.15, 0.2) is 18.2 Å². The number of carbonyl (C=O) groups is 1. The molecule has 0 atom stereocenters. The highest BCUT2D eigenvalue weighted by Gasteiger charge is 2.21. The Morgan fingerprint density at radius 1 is 1.33 bits per heavy atom. The van der Waals surface area contributed by atoms with E-state index in [0.29, 0.717) is 9.13 Å². The van der Waals surface area contributed by atoms with E-state index in [2.05, 4.69) is 12.2 Å². The lowest BCUT2D eigenvalue weighted by molar-refractivity contribution is 0.0922. The largest absolute Gasteiger partial charge is 0.349 e. The average molecular weight is 361 g/mol. The van der Waals surface area contributed by atoms with Gasteiger partial charge in [0.2, 0.25) is 0 Å². The Kier molecular flexibility index (Phi) is 4.59. The van der Waals surface area contributed by atoms with Gasteiger partial charge in [0.05, 0.1) is 5.56 Å². The second-order valence-electron chi connectivity index (χ2n) is 5.05. The quantitative estimate of drug-likeness (QED) is 0.799. The van der Waals surface area contributed by atoms with Gasteiger partial charge in [0, 0.05) is 9.61 Å². The van der Waals surface area contributed by atoms with Gasteiger partial charge in [-0.25, -0.2) is 4.39 Å². The lowest BCUT2D eigenvalue weighted by Gasteiger charge is -2.27. The standard InChI is InChI=1S/C14H17FINO/c1-9-2-5-11(6-3-9)17-14(18)12-7-4-10(15)8-13(12)16/h4,7-9,11H,2-3,5-6H2,1H3,(H,17,18). The summed E-state index contributed by atoms with van der Waals surface area (Å²) in [4.78, 5) is 12.1. The van der Waals surface area contributed by atoms with E-state index in [1.54, 1.807) is 6.07 Å². The molecule has 0 bridgehead atoms. The maximum Gasteiger partial charge on any atom is 0.252 e. The minimum absolute atomic E-state index is 0.0843. The van der Waals surface area contributed by atoms with Crippen LogP contribution in [0.3, 0.4) is 0 Å². The van der Waals surface area contributed by atoms with Crippen molar-refractivity contribution < 1.29 is 9.18 Å². The minimum atomic E-state index is -0.303. The lowest BCUT2D eigenvalue weighted by atomic mass is 9.87. The van der Waals surface area contributed by atoms with Gasteiger partial charge in [0.25, 0.3) is 5.91 Å². The zero-order valence-corrected chi connectivity index (χ0v) is 12.5. The molecule has 1 N–H and O–H groups in total. The molecule has 0 aromatic heterocycles. The molecule has 0 aliphatic heterocycles. The summed E-state index contributed by atoms with van der Waals surface area (Å²) >= 11 is 2.00. The van der Waals surface area contributed by atoms with Gasteiger partial charge >= 0.3 is 0 Å². The summed E-state index contributed by atoms with van der Waals surface area (Å²) in [7, 11) is 0. The SMILES string of the molecule is CC1CCC(NC(=O)c2ccc(F)cc2I)CC1. The molecule has 0 unspecified atom stereocenters. The second-order valence-corrected chi connectivity index (χ2v) is 6.22. The first kappa shape index (κ1) is 13.8. The van der Waals surface area contributed by atoms with E-state index in [9.17, 15) is 9.18 Å². The zero-order chi connectivity index (χ0) is 13.1. The van der Waals surface area contributed by atoms with Crippen LogP contribution in [0.2, 0.25) is 0 Å². The van der Waals surface area contributed by atoms with Crippen molar-refractivity contribution in [2.45, 2.75) is 38.6 Å². The lowest BCUT2D eigenvalue weighted by Crippen LogP contribution is -2.37. The van der Waals surface area contributed by atoms with Crippen LogP contribution in [-0.2, 0) is 0 Å². The number of halogens is 2. The van der Waals surface area contributed by atoms with Crippen molar-refractivity contribution in [2.24, 2.45) is 5.92 Å². The third-order valence-electron chi connectivity index (χ3n) is 3.53. The van der Waals surface area contributed by atoms with E-state index in [-0.39, 0.29) is 17.8 Å². The molecule has 4 heteroatoms. The Bertz CT molecular complexity index is 441.